The van der Waals surface area contributed by atoms with Crippen LogP contribution in [0, 0.1) is 18.3 Å². The number of aromatic nitrogens is 1. The van der Waals surface area contributed by atoms with Crippen molar-refractivity contribution in [2.24, 2.45) is 0 Å². The molecular formula is C14H19N3O2. The van der Waals surface area contributed by atoms with Crippen LogP contribution in [0.1, 0.15) is 61.2 Å². The monoisotopic (exact) mass is 261 g/mol. The Kier molecular flexibility index (Phi) is 4.20. The number of oxazole rings is 1. The van der Waals surface area contributed by atoms with Crippen LogP contribution < -0.4 is 5.32 Å². The van der Waals surface area contributed by atoms with E-state index in [-0.39, 0.29) is 11.7 Å². The summed E-state index contributed by atoms with van der Waals surface area (Å²) in [5, 5.41) is 12.3. The van der Waals surface area contributed by atoms with Crippen LogP contribution in [0.5, 0.6) is 0 Å². The average molecular weight is 261 g/mol. The van der Waals surface area contributed by atoms with Crippen LogP contribution in [0.15, 0.2) is 10.8 Å². The molecule has 102 valence electrons. The second-order valence-electron chi connectivity index (χ2n) is 5.18. The number of hydrogen-bond acceptors (Lipinski definition) is 4. The van der Waals surface area contributed by atoms with Gasteiger partial charge in [-0.1, -0.05) is 32.1 Å². The number of carbonyl (C=O) groups is 1. The third-order valence-corrected chi connectivity index (χ3v) is 3.73. The number of carbonyl (C=O) groups excluding carboxylic acids is 1. The standard InChI is InChI=1S/C14H19N3O2/c1-11-12(19-10-16-11)13(18)17-14(9-15)7-5-3-2-4-6-8-14/h10H,2-8H2,1H3,(H,17,18). The molecule has 5 nitrogen and oxygen atoms in total. The van der Waals surface area contributed by atoms with E-state index in [1.165, 1.54) is 12.8 Å². The van der Waals surface area contributed by atoms with Gasteiger partial charge in [0.05, 0.1) is 11.8 Å². The maximum absolute atomic E-state index is 12.2. The topological polar surface area (TPSA) is 78.9 Å². The molecule has 1 aliphatic carbocycles. The van der Waals surface area contributed by atoms with Crippen molar-refractivity contribution in [3.8, 4) is 6.07 Å². The predicted molar refractivity (Wildman–Crippen MR) is 69.4 cm³/mol. The highest BCUT2D eigenvalue weighted by Gasteiger charge is 2.33. The molecule has 1 heterocycles. The molecule has 1 aliphatic rings. The van der Waals surface area contributed by atoms with Crippen molar-refractivity contribution in [2.75, 3.05) is 0 Å². The molecule has 0 atom stereocenters. The Bertz CT molecular complexity index is 479. The highest BCUT2D eigenvalue weighted by atomic mass is 16.3. The number of aryl methyl sites for hydroxylation is 1. The average Bonchev–Trinajstić information content (AvgIpc) is 2.79. The van der Waals surface area contributed by atoms with E-state index in [1.54, 1.807) is 6.92 Å². The van der Waals surface area contributed by atoms with E-state index < -0.39 is 5.54 Å². The minimum absolute atomic E-state index is 0.205. The van der Waals surface area contributed by atoms with Crippen LogP contribution in [0.25, 0.3) is 0 Å². The third-order valence-electron chi connectivity index (χ3n) is 3.73. The maximum atomic E-state index is 12.2. The fourth-order valence-corrected chi connectivity index (χ4v) is 2.57. The smallest absolute Gasteiger partial charge is 0.290 e. The molecule has 0 aliphatic heterocycles. The van der Waals surface area contributed by atoms with Crippen molar-refractivity contribution >= 4 is 5.91 Å². The summed E-state index contributed by atoms with van der Waals surface area (Å²) in [7, 11) is 0. The zero-order valence-electron chi connectivity index (χ0n) is 11.2. The molecule has 1 aromatic rings. The summed E-state index contributed by atoms with van der Waals surface area (Å²) >= 11 is 0. The van der Waals surface area contributed by atoms with Crippen LogP contribution in [-0.2, 0) is 0 Å². The molecule has 0 aromatic carbocycles. The molecule has 1 N–H and O–H groups in total. The van der Waals surface area contributed by atoms with E-state index in [9.17, 15) is 10.1 Å². The molecule has 1 aromatic heterocycles. The summed E-state index contributed by atoms with van der Waals surface area (Å²) in [5.74, 6) is -0.131. The van der Waals surface area contributed by atoms with Crippen molar-refractivity contribution < 1.29 is 9.21 Å². The minimum Gasteiger partial charge on any atom is -0.438 e. The van der Waals surface area contributed by atoms with Crippen LogP contribution in [-0.4, -0.2) is 16.4 Å². The Balaban J connectivity index is 2.11. The van der Waals surface area contributed by atoms with Crippen LogP contribution in [0.3, 0.4) is 0 Å². The van der Waals surface area contributed by atoms with Gasteiger partial charge in [-0.25, -0.2) is 4.98 Å². The lowest BCUT2D eigenvalue weighted by Gasteiger charge is -2.29. The maximum Gasteiger partial charge on any atom is 0.290 e. The molecule has 1 amide bonds. The molecule has 0 radical (unpaired) electrons. The van der Waals surface area contributed by atoms with Crippen LogP contribution in [0.2, 0.25) is 0 Å². The van der Waals surface area contributed by atoms with Gasteiger partial charge < -0.3 is 9.73 Å². The van der Waals surface area contributed by atoms with Gasteiger partial charge in [0, 0.05) is 0 Å². The number of nitrogens with zero attached hydrogens (tertiary/aromatic N) is 2. The first kappa shape index (κ1) is 13.6. The molecule has 1 saturated carbocycles. The zero-order chi connectivity index (χ0) is 13.7. The van der Waals surface area contributed by atoms with Gasteiger partial charge in [0.1, 0.15) is 5.54 Å². The molecule has 2 rings (SSSR count). The van der Waals surface area contributed by atoms with Crippen molar-refractivity contribution in [2.45, 2.75) is 57.4 Å². The summed E-state index contributed by atoms with van der Waals surface area (Å²) < 4.78 is 5.08. The van der Waals surface area contributed by atoms with E-state index in [1.807, 2.05) is 0 Å². The Morgan fingerprint density at radius 2 is 2.00 bits per heavy atom. The first-order chi connectivity index (χ1) is 9.17. The van der Waals surface area contributed by atoms with Gasteiger partial charge in [-0.2, -0.15) is 5.26 Å². The number of nitrogens with one attached hydrogen (secondary N) is 1. The van der Waals surface area contributed by atoms with Crippen molar-refractivity contribution in [3.05, 3.63) is 17.8 Å². The molecular weight excluding hydrogens is 242 g/mol. The lowest BCUT2D eigenvalue weighted by Crippen LogP contribution is -2.47. The Morgan fingerprint density at radius 1 is 1.37 bits per heavy atom. The summed E-state index contributed by atoms with van der Waals surface area (Å²) in [6.45, 7) is 1.72. The van der Waals surface area contributed by atoms with E-state index in [2.05, 4.69) is 16.4 Å². The minimum atomic E-state index is -0.753. The molecule has 1 fully saturated rings. The Hall–Kier alpha value is -1.83. The van der Waals surface area contributed by atoms with Gasteiger partial charge >= 0.3 is 0 Å². The molecule has 0 bridgehead atoms. The summed E-state index contributed by atoms with van der Waals surface area (Å²) in [4.78, 5) is 16.1. The first-order valence-corrected chi connectivity index (χ1v) is 6.81. The highest BCUT2D eigenvalue weighted by Crippen LogP contribution is 2.26. The SMILES string of the molecule is Cc1ncoc1C(=O)NC1(C#N)CCCCCCC1. The summed E-state index contributed by atoms with van der Waals surface area (Å²) in [6.07, 6.45) is 8.09. The Morgan fingerprint density at radius 3 is 2.53 bits per heavy atom. The highest BCUT2D eigenvalue weighted by molar-refractivity contribution is 5.93. The lowest BCUT2D eigenvalue weighted by molar-refractivity contribution is 0.0878. The molecule has 5 heteroatoms. The fourth-order valence-electron chi connectivity index (χ4n) is 2.57. The third kappa shape index (κ3) is 3.14. The number of rotatable bonds is 2. The second kappa shape index (κ2) is 5.87. The van der Waals surface area contributed by atoms with Gasteiger partial charge in [-0.15, -0.1) is 0 Å². The summed E-state index contributed by atoms with van der Waals surface area (Å²) in [6, 6.07) is 2.30. The zero-order valence-corrected chi connectivity index (χ0v) is 11.2. The van der Waals surface area contributed by atoms with Gasteiger partial charge in [0.2, 0.25) is 5.76 Å². The first-order valence-electron chi connectivity index (χ1n) is 6.81. The van der Waals surface area contributed by atoms with Gasteiger partial charge in [0.15, 0.2) is 6.39 Å². The van der Waals surface area contributed by atoms with E-state index in [0.29, 0.717) is 18.5 Å². The second-order valence-corrected chi connectivity index (χ2v) is 5.18. The molecule has 0 spiro atoms. The molecule has 0 saturated heterocycles. The van der Waals surface area contributed by atoms with Crippen LogP contribution >= 0.6 is 0 Å². The van der Waals surface area contributed by atoms with E-state index >= 15 is 0 Å². The molecule has 19 heavy (non-hydrogen) atoms. The fraction of sp³-hybridized carbons (Fsp3) is 0.643. The van der Waals surface area contributed by atoms with E-state index in [0.717, 1.165) is 25.7 Å². The lowest BCUT2D eigenvalue weighted by atomic mass is 9.85. The van der Waals surface area contributed by atoms with Gasteiger partial charge in [-0.05, 0) is 19.8 Å². The van der Waals surface area contributed by atoms with Crippen molar-refractivity contribution in [3.63, 3.8) is 0 Å². The van der Waals surface area contributed by atoms with Crippen LogP contribution in [0.4, 0.5) is 0 Å². The quantitative estimate of drug-likeness (QED) is 0.887. The van der Waals surface area contributed by atoms with Gasteiger partial charge in [0.25, 0.3) is 5.91 Å². The summed E-state index contributed by atoms with van der Waals surface area (Å²) in [5.41, 5.74) is -0.201. The van der Waals surface area contributed by atoms with E-state index in [4.69, 9.17) is 4.42 Å². The van der Waals surface area contributed by atoms with Crippen molar-refractivity contribution in [1.29, 1.82) is 5.26 Å². The predicted octanol–water partition coefficient (Wildman–Crippen LogP) is 2.72. The Labute approximate surface area is 113 Å². The number of nitriles is 1. The normalized spacial score (nSPS) is 18.9. The number of amides is 1. The van der Waals surface area contributed by atoms with Crippen molar-refractivity contribution in [1.82, 2.24) is 10.3 Å². The molecule has 0 unspecified atom stereocenters. The largest absolute Gasteiger partial charge is 0.438 e. The number of hydrogen-bond donors (Lipinski definition) is 1. The van der Waals surface area contributed by atoms with Gasteiger partial charge in [-0.3, -0.25) is 4.79 Å².